The van der Waals surface area contributed by atoms with Crippen LogP contribution in [0.5, 0.6) is 0 Å². The predicted molar refractivity (Wildman–Crippen MR) is 114 cm³/mol. The molecule has 1 saturated carbocycles. The zero-order valence-corrected chi connectivity index (χ0v) is 18.1. The highest BCUT2D eigenvalue weighted by atomic mass is 127. The molecule has 1 aromatic carbocycles. The third kappa shape index (κ3) is 6.73. The molecular formula is C19H32FIN4. The van der Waals surface area contributed by atoms with Crippen molar-refractivity contribution in [3.8, 4) is 0 Å². The Bertz CT molecular complexity index is 558. The number of rotatable bonds is 8. The van der Waals surface area contributed by atoms with Crippen molar-refractivity contribution in [2.24, 2.45) is 4.99 Å². The molecule has 0 aliphatic heterocycles. The van der Waals surface area contributed by atoms with Crippen LogP contribution in [-0.4, -0.2) is 50.1 Å². The summed E-state index contributed by atoms with van der Waals surface area (Å²) in [7, 11) is 2.12. The molecule has 4 nitrogen and oxygen atoms in total. The van der Waals surface area contributed by atoms with E-state index in [1.807, 2.05) is 6.07 Å². The Morgan fingerprint density at radius 2 is 2.04 bits per heavy atom. The lowest BCUT2D eigenvalue weighted by Crippen LogP contribution is -2.42. The van der Waals surface area contributed by atoms with Gasteiger partial charge in [0.2, 0.25) is 0 Å². The molecular weight excluding hydrogens is 430 g/mol. The molecule has 2 rings (SSSR count). The van der Waals surface area contributed by atoms with Gasteiger partial charge < -0.3 is 15.5 Å². The molecule has 1 aromatic rings. The maximum atomic E-state index is 13.5. The molecule has 1 aliphatic carbocycles. The van der Waals surface area contributed by atoms with E-state index in [0.717, 1.165) is 44.0 Å². The molecule has 0 heterocycles. The third-order valence-corrected chi connectivity index (χ3v) is 4.81. The first-order valence-corrected chi connectivity index (χ1v) is 8.95. The Hall–Kier alpha value is -0.890. The smallest absolute Gasteiger partial charge is 0.191 e. The number of hydrogen-bond donors (Lipinski definition) is 2. The summed E-state index contributed by atoms with van der Waals surface area (Å²) in [6, 6.07) is 7.50. The van der Waals surface area contributed by atoms with Gasteiger partial charge in [0.05, 0.1) is 6.54 Å². The first-order chi connectivity index (χ1) is 11.5. The van der Waals surface area contributed by atoms with Crippen LogP contribution in [0.25, 0.3) is 0 Å². The second kappa shape index (κ2) is 10.3. The molecule has 0 aromatic heterocycles. The summed E-state index contributed by atoms with van der Waals surface area (Å²) in [5.41, 5.74) is 1.10. The van der Waals surface area contributed by atoms with Gasteiger partial charge in [-0.3, -0.25) is 4.99 Å². The van der Waals surface area contributed by atoms with E-state index in [2.05, 4.69) is 43.4 Å². The van der Waals surface area contributed by atoms with Gasteiger partial charge in [0.25, 0.3) is 0 Å². The zero-order chi connectivity index (χ0) is 17.6. The largest absolute Gasteiger partial charge is 0.357 e. The second-order valence-corrected chi connectivity index (χ2v) is 6.99. The monoisotopic (exact) mass is 462 g/mol. The van der Waals surface area contributed by atoms with Crippen molar-refractivity contribution in [2.45, 2.75) is 45.1 Å². The molecule has 0 bridgehead atoms. The van der Waals surface area contributed by atoms with Gasteiger partial charge in [0.15, 0.2) is 5.96 Å². The molecule has 0 atom stereocenters. The highest BCUT2D eigenvalue weighted by Crippen LogP contribution is 2.48. The Labute approximate surface area is 168 Å². The van der Waals surface area contributed by atoms with Gasteiger partial charge >= 0.3 is 0 Å². The maximum Gasteiger partial charge on any atom is 0.191 e. The van der Waals surface area contributed by atoms with Crippen LogP contribution in [0.4, 0.5) is 4.39 Å². The van der Waals surface area contributed by atoms with E-state index in [9.17, 15) is 4.39 Å². The Kier molecular flexibility index (Phi) is 9.13. The molecule has 0 radical (unpaired) electrons. The van der Waals surface area contributed by atoms with E-state index < -0.39 is 0 Å². The van der Waals surface area contributed by atoms with Crippen molar-refractivity contribution in [3.63, 3.8) is 0 Å². The topological polar surface area (TPSA) is 39.7 Å². The molecule has 6 heteroatoms. The van der Waals surface area contributed by atoms with Crippen LogP contribution in [0.15, 0.2) is 29.3 Å². The SMILES string of the molecule is CCNC(=NCC1(c2cccc(F)c2)CC1)NCCN(C)C(C)C.I. The number of benzene rings is 1. The highest BCUT2D eigenvalue weighted by molar-refractivity contribution is 14.0. The average molecular weight is 462 g/mol. The molecule has 0 amide bonds. The second-order valence-electron chi connectivity index (χ2n) is 6.99. The minimum Gasteiger partial charge on any atom is -0.357 e. The molecule has 0 unspecified atom stereocenters. The molecule has 25 heavy (non-hydrogen) atoms. The van der Waals surface area contributed by atoms with Gasteiger partial charge in [-0.1, -0.05) is 12.1 Å². The predicted octanol–water partition coefficient (Wildman–Crippen LogP) is 3.37. The third-order valence-electron chi connectivity index (χ3n) is 4.81. The van der Waals surface area contributed by atoms with E-state index in [1.165, 1.54) is 6.07 Å². The number of nitrogens with zero attached hydrogens (tertiary/aromatic N) is 2. The lowest BCUT2D eigenvalue weighted by Gasteiger charge is -2.22. The molecule has 1 fully saturated rings. The molecule has 2 N–H and O–H groups in total. The molecule has 0 spiro atoms. The first-order valence-electron chi connectivity index (χ1n) is 8.95. The number of hydrogen-bond acceptors (Lipinski definition) is 2. The first kappa shape index (κ1) is 22.2. The summed E-state index contributed by atoms with van der Waals surface area (Å²) in [5, 5.41) is 6.69. The zero-order valence-electron chi connectivity index (χ0n) is 15.8. The van der Waals surface area contributed by atoms with Gasteiger partial charge in [0, 0.05) is 31.1 Å². The lowest BCUT2D eigenvalue weighted by molar-refractivity contribution is 0.278. The maximum absolute atomic E-state index is 13.5. The van der Waals surface area contributed by atoms with E-state index in [0.29, 0.717) is 12.6 Å². The van der Waals surface area contributed by atoms with Crippen molar-refractivity contribution in [1.82, 2.24) is 15.5 Å². The van der Waals surface area contributed by atoms with E-state index in [1.54, 1.807) is 12.1 Å². The van der Waals surface area contributed by atoms with E-state index in [4.69, 9.17) is 4.99 Å². The minimum absolute atomic E-state index is 0. The minimum atomic E-state index is -0.162. The van der Waals surface area contributed by atoms with Crippen molar-refractivity contribution < 1.29 is 4.39 Å². The summed E-state index contributed by atoms with van der Waals surface area (Å²) < 4.78 is 13.5. The van der Waals surface area contributed by atoms with Gasteiger partial charge in [-0.15, -0.1) is 24.0 Å². The summed E-state index contributed by atoms with van der Waals surface area (Å²) in [4.78, 5) is 7.05. The lowest BCUT2D eigenvalue weighted by atomic mass is 9.96. The van der Waals surface area contributed by atoms with Crippen LogP contribution >= 0.6 is 24.0 Å². The number of nitrogens with one attached hydrogen (secondary N) is 2. The van der Waals surface area contributed by atoms with Crippen LogP contribution < -0.4 is 10.6 Å². The summed E-state index contributed by atoms with van der Waals surface area (Å²) in [5.74, 6) is 0.682. The molecule has 1 aliphatic rings. The average Bonchev–Trinajstić information content (AvgIpc) is 3.33. The van der Waals surface area contributed by atoms with Gasteiger partial charge in [-0.2, -0.15) is 0 Å². The molecule has 142 valence electrons. The fourth-order valence-electron chi connectivity index (χ4n) is 2.69. The Balaban J connectivity index is 0.00000312. The van der Waals surface area contributed by atoms with Gasteiger partial charge in [-0.05, 0) is 58.4 Å². The van der Waals surface area contributed by atoms with Gasteiger partial charge in [0.1, 0.15) is 5.82 Å². The quantitative estimate of drug-likeness (QED) is 0.354. The standard InChI is InChI=1S/C19H31FN4.HI/c1-5-21-18(22-11-12-24(4)15(2)3)23-14-19(9-10-19)16-7-6-8-17(20)13-16;/h6-8,13,15H,5,9-12,14H2,1-4H3,(H2,21,22,23);1H. The number of likely N-dealkylation sites (N-methyl/N-ethyl adjacent to an activating group) is 1. The van der Waals surface area contributed by atoms with E-state index >= 15 is 0 Å². The van der Waals surface area contributed by atoms with E-state index in [-0.39, 0.29) is 35.2 Å². The normalized spacial score (nSPS) is 15.9. The summed E-state index contributed by atoms with van der Waals surface area (Å²) >= 11 is 0. The highest BCUT2D eigenvalue weighted by Gasteiger charge is 2.44. The van der Waals surface area contributed by atoms with Crippen molar-refractivity contribution in [3.05, 3.63) is 35.6 Å². The Morgan fingerprint density at radius 1 is 1.32 bits per heavy atom. The van der Waals surface area contributed by atoms with Crippen LogP contribution in [0.1, 0.15) is 39.2 Å². The fraction of sp³-hybridized carbons (Fsp3) is 0.632. The van der Waals surface area contributed by atoms with Crippen molar-refractivity contribution in [2.75, 3.05) is 33.2 Å². The van der Waals surface area contributed by atoms with Crippen molar-refractivity contribution >= 4 is 29.9 Å². The Morgan fingerprint density at radius 3 is 2.60 bits per heavy atom. The van der Waals surface area contributed by atoms with Gasteiger partial charge in [-0.25, -0.2) is 4.39 Å². The van der Waals surface area contributed by atoms with Crippen LogP contribution in [0, 0.1) is 5.82 Å². The number of aliphatic imine (C=N–C) groups is 1. The fourth-order valence-corrected chi connectivity index (χ4v) is 2.69. The number of halogens is 2. The summed E-state index contributed by atoms with van der Waals surface area (Å²) in [6.07, 6.45) is 2.16. The van der Waals surface area contributed by atoms with Crippen LogP contribution in [0.2, 0.25) is 0 Å². The van der Waals surface area contributed by atoms with Crippen LogP contribution in [0.3, 0.4) is 0 Å². The molecule has 0 saturated heterocycles. The van der Waals surface area contributed by atoms with Crippen molar-refractivity contribution in [1.29, 1.82) is 0 Å². The van der Waals surface area contributed by atoms with Crippen LogP contribution in [-0.2, 0) is 5.41 Å². The number of guanidine groups is 1. The summed E-state index contributed by atoms with van der Waals surface area (Å²) in [6.45, 7) is 9.80.